The molecule has 0 radical (unpaired) electrons. The number of aromatic amines is 1. The van der Waals surface area contributed by atoms with Gasteiger partial charge in [0.25, 0.3) is 0 Å². The molecule has 2 aromatic heterocycles. The third-order valence-corrected chi connectivity index (χ3v) is 2.19. The highest BCUT2D eigenvalue weighted by Crippen LogP contribution is 2.14. The van der Waals surface area contributed by atoms with Crippen LogP contribution in [0, 0.1) is 0 Å². The summed E-state index contributed by atoms with van der Waals surface area (Å²) in [6, 6.07) is 5.34. The van der Waals surface area contributed by atoms with Crippen LogP contribution in [0.1, 0.15) is 0 Å². The molecule has 0 saturated heterocycles. The van der Waals surface area contributed by atoms with Gasteiger partial charge in [0.15, 0.2) is 0 Å². The van der Waals surface area contributed by atoms with E-state index in [9.17, 15) is 4.79 Å². The van der Waals surface area contributed by atoms with Crippen molar-refractivity contribution in [1.82, 2.24) is 4.98 Å². The van der Waals surface area contributed by atoms with Crippen LogP contribution in [0.25, 0.3) is 10.2 Å². The molecule has 0 atom stereocenters. The molecule has 10 heavy (non-hydrogen) atoms. The van der Waals surface area contributed by atoms with Gasteiger partial charge in [-0.3, -0.25) is 4.79 Å². The van der Waals surface area contributed by atoms with Gasteiger partial charge in [-0.2, -0.15) is 0 Å². The van der Waals surface area contributed by atoms with E-state index in [-0.39, 0.29) is 5.56 Å². The van der Waals surface area contributed by atoms with Crippen LogP contribution in [0.15, 0.2) is 28.4 Å². The lowest BCUT2D eigenvalue weighted by atomic mass is 10.3. The molecule has 0 aliphatic heterocycles. The molecule has 2 heterocycles. The fourth-order valence-electron chi connectivity index (χ4n) is 0.871. The Morgan fingerprint density at radius 3 is 3.10 bits per heavy atom. The Balaban J connectivity index is 2.99. The van der Waals surface area contributed by atoms with Crippen molar-refractivity contribution >= 4 is 21.6 Å². The zero-order valence-corrected chi connectivity index (χ0v) is 5.94. The first-order valence-electron chi connectivity index (χ1n) is 2.93. The molecule has 0 aliphatic carbocycles. The Labute approximate surface area is 61.1 Å². The van der Waals surface area contributed by atoms with Crippen molar-refractivity contribution in [2.75, 3.05) is 0 Å². The van der Waals surface area contributed by atoms with Gasteiger partial charge in [-0.05, 0) is 17.5 Å². The highest BCUT2D eigenvalue weighted by atomic mass is 32.1. The summed E-state index contributed by atoms with van der Waals surface area (Å²) in [6.45, 7) is 0. The van der Waals surface area contributed by atoms with Gasteiger partial charge in [-0.15, -0.1) is 11.3 Å². The number of thiophene rings is 1. The van der Waals surface area contributed by atoms with Crippen LogP contribution < -0.4 is 5.56 Å². The van der Waals surface area contributed by atoms with E-state index < -0.39 is 0 Å². The number of fused-ring (bicyclic) bond motifs is 1. The van der Waals surface area contributed by atoms with Crippen LogP contribution in [0.3, 0.4) is 0 Å². The average molecular weight is 151 g/mol. The lowest BCUT2D eigenvalue weighted by Gasteiger charge is -1.83. The molecule has 0 spiro atoms. The molecule has 0 unspecified atom stereocenters. The van der Waals surface area contributed by atoms with E-state index in [0.717, 1.165) is 10.2 Å². The minimum absolute atomic E-state index is 0.0325. The van der Waals surface area contributed by atoms with Crippen molar-refractivity contribution in [3.05, 3.63) is 33.9 Å². The Morgan fingerprint density at radius 1 is 1.30 bits per heavy atom. The van der Waals surface area contributed by atoms with Crippen molar-refractivity contribution < 1.29 is 0 Å². The molecule has 0 fully saturated rings. The van der Waals surface area contributed by atoms with Crippen molar-refractivity contribution in [3.8, 4) is 0 Å². The summed E-state index contributed by atoms with van der Waals surface area (Å²) in [5.74, 6) is 0. The van der Waals surface area contributed by atoms with Crippen LogP contribution in [0.5, 0.6) is 0 Å². The van der Waals surface area contributed by atoms with Gasteiger partial charge in [0.05, 0.1) is 0 Å². The largest absolute Gasteiger partial charge is 0.314 e. The summed E-state index contributed by atoms with van der Waals surface area (Å²) in [6.07, 6.45) is 0. The molecule has 1 N–H and O–H groups in total. The Hall–Kier alpha value is -1.09. The summed E-state index contributed by atoms with van der Waals surface area (Å²) in [5.41, 5.74) is -0.0325. The molecule has 2 aromatic rings. The molecule has 0 saturated carbocycles. The molecule has 0 bridgehead atoms. The van der Waals surface area contributed by atoms with E-state index in [4.69, 9.17) is 0 Å². The fraction of sp³-hybridized carbons (Fsp3) is 0. The molecule has 0 amide bonds. The second-order valence-corrected chi connectivity index (χ2v) is 2.94. The SMILES string of the molecule is O=c1ccc2ccsc2[nH]1. The quantitative estimate of drug-likeness (QED) is 0.609. The Bertz CT molecular complexity index is 401. The van der Waals surface area contributed by atoms with Crippen LogP contribution in [0.2, 0.25) is 0 Å². The first-order chi connectivity index (χ1) is 4.86. The van der Waals surface area contributed by atoms with E-state index in [1.165, 1.54) is 6.07 Å². The lowest BCUT2D eigenvalue weighted by molar-refractivity contribution is 1.33. The molecule has 0 aromatic carbocycles. The van der Waals surface area contributed by atoms with E-state index in [1.807, 2.05) is 17.5 Å². The van der Waals surface area contributed by atoms with Gasteiger partial charge in [0, 0.05) is 11.5 Å². The number of rotatable bonds is 0. The highest BCUT2D eigenvalue weighted by molar-refractivity contribution is 7.16. The summed E-state index contributed by atoms with van der Waals surface area (Å²) in [5, 5.41) is 3.06. The molecule has 0 aliphatic rings. The number of hydrogen-bond acceptors (Lipinski definition) is 2. The predicted octanol–water partition coefficient (Wildman–Crippen LogP) is 1.59. The van der Waals surface area contributed by atoms with Crippen LogP contribution in [-0.2, 0) is 0 Å². The minimum Gasteiger partial charge on any atom is -0.314 e. The fourth-order valence-corrected chi connectivity index (χ4v) is 1.65. The van der Waals surface area contributed by atoms with Crippen molar-refractivity contribution in [2.45, 2.75) is 0 Å². The molecule has 3 heteroatoms. The van der Waals surface area contributed by atoms with E-state index in [2.05, 4.69) is 4.98 Å². The van der Waals surface area contributed by atoms with Crippen molar-refractivity contribution in [3.63, 3.8) is 0 Å². The smallest absolute Gasteiger partial charge is 0.249 e. The van der Waals surface area contributed by atoms with Crippen LogP contribution >= 0.6 is 11.3 Å². The van der Waals surface area contributed by atoms with Crippen molar-refractivity contribution in [2.24, 2.45) is 0 Å². The second kappa shape index (κ2) is 1.95. The maximum absolute atomic E-state index is 10.7. The van der Waals surface area contributed by atoms with Gasteiger partial charge in [-0.25, -0.2) is 0 Å². The highest BCUT2D eigenvalue weighted by Gasteiger charge is 1.91. The maximum atomic E-state index is 10.7. The zero-order valence-electron chi connectivity index (χ0n) is 5.13. The standard InChI is InChI=1S/C7H5NOS/c9-6-2-1-5-3-4-10-7(5)8-6/h1-4H,(H,8,9). The summed E-state index contributed by atoms with van der Waals surface area (Å²) in [4.78, 5) is 14.4. The summed E-state index contributed by atoms with van der Waals surface area (Å²) >= 11 is 1.55. The number of hydrogen-bond donors (Lipinski definition) is 1. The maximum Gasteiger partial charge on any atom is 0.249 e. The van der Waals surface area contributed by atoms with Gasteiger partial charge >= 0.3 is 0 Å². The third-order valence-electron chi connectivity index (χ3n) is 1.35. The number of pyridine rings is 1. The van der Waals surface area contributed by atoms with E-state index in [1.54, 1.807) is 11.3 Å². The van der Waals surface area contributed by atoms with E-state index in [0.29, 0.717) is 0 Å². The van der Waals surface area contributed by atoms with E-state index >= 15 is 0 Å². The number of H-pyrrole nitrogens is 1. The zero-order chi connectivity index (χ0) is 6.97. The average Bonchev–Trinajstić information content (AvgIpc) is 2.33. The summed E-state index contributed by atoms with van der Waals surface area (Å²) < 4.78 is 0. The van der Waals surface area contributed by atoms with Gasteiger partial charge in [0.2, 0.25) is 5.56 Å². The van der Waals surface area contributed by atoms with Gasteiger partial charge in [0.1, 0.15) is 4.83 Å². The number of aromatic nitrogens is 1. The van der Waals surface area contributed by atoms with Gasteiger partial charge < -0.3 is 4.98 Å². The molecular formula is C7H5NOS. The lowest BCUT2D eigenvalue weighted by Crippen LogP contribution is -2.00. The normalized spacial score (nSPS) is 10.4. The van der Waals surface area contributed by atoms with Crippen LogP contribution in [-0.4, -0.2) is 4.98 Å². The second-order valence-electron chi connectivity index (χ2n) is 2.03. The Kier molecular flexibility index (Phi) is 1.11. The molecule has 50 valence electrons. The minimum atomic E-state index is -0.0325. The summed E-state index contributed by atoms with van der Waals surface area (Å²) in [7, 11) is 0. The molecule has 2 rings (SSSR count). The third kappa shape index (κ3) is 0.752. The first-order valence-corrected chi connectivity index (χ1v) is 3.81. The predicted molar refractivity (Wildman–Crippen MR) is 42.4 cm³/mol. The Morgan fingerprint density at radius 2 is 2.20 bits per heavy atom. The monoisotopic (exact) mass is 151 g/mol. The van der Waals surface area contributed by atoms with Crippen LogP contribution in [0.4, 0.5) is 0 Å². The number of nitrogens with one attached hydrogen (secondary N) is 1. The molecular weight excluding hydrogens is 146 g/mol. The topological polar surface area (TPSA) is 32.9 Å². The van der Waals surface area contributed by atoms with Gasteiger partial charge in [-0.1, -0.05) is 0 Å². The molecule has 2 nitrogen and oxygen atoms in total. The van der Waals surface area contributed by atoms with Crippen molar-refractivity contribution in [1.29, 1.82) is 0 Å². The first kappa shape index (κ1) is 5.68.